The van der Waals surface area contributed by atoms with Crippen molar-refractivity contribution in [3.05, 3.63) is 78.9 Å². The first-order valence-corrected chi connectivity index (χ1v) is 10.6. The second-order valence-electron chi connectivity index (χ2n) is 7.01. The maximum Gasteiger partial charge on any atom is 0.0921 e. The number of hydrogen-bond donors (Lipinski definition) is 0. The molecule has 28 heavy (non-hydrogen) atoms. The minimum Gasteiger partial charge on any atom is -0.369 e. The van der Waals surface area contributed by atoms with Gasteiger partial charge in [0.05, 0.1) is 28.8 Å². The normalized spacial score (nSPS) is 14.2. The second kappa shape index (κ2) is 7.24. The van der Waals surface area contributed by atoms with Gasteiger partial charge in [-0.05, 0) is 30.5 Å². The summed E-state index contributed by atoms with van der Waals surface area (Å²) in [6.07, 6.45) is 7.65. The van der Waals surface area contributed by atoms with Crippen LogP contribution in [-0.4, -0.2) is 34.3 Å². The number of pyridine rings is 1. The summed E-state index contributed by atoms with van der Waals surface area (Å²) < 4.78 is 0. The molecular formula is C23H20N4S. The topological polar surface area (TPSA) is 41.9 Å². The maximum absolute atomic E-state index is 4.70. The number of anilines is 1. The van der Waals surface area contributed by atoms with E-state index in [1.165, 1.54) is 16.0 Å². The largest absolute Gasteiger partial charge is 0.369 e. The summed E-state index contributed by atoms with van der Waals surface area (Å²) in [6.45, 7) is 1.88. The van der Waals surface area contributed by atoms with Crippen LogP contribution in [-0.2, 0) is 0 Å². The summed E-state index contributed by atoms with van der Waals surface area (Å²) in [5, 5.41) is 1.18. The molecule has 0 radical (unpaired) electrons. The fourth-order valence-corrected chi connectivity index (χ4v) is 4.19. The van der Waals surface area contributed by atoms with Crippen LogP contribution < -0.4 is 4.90 Å². The van der Waals surface area contributed by atoms with Crippen molar-refractivity contribution in [3.8, 4) is 11.3 Å². The first-order chi connectivity index (χ1) is 13.8. The van der Waals surface area contributed by atoms with Gasteiger partial charge in [-0.15, -0.1) is 11.8 Å². The van der Waals surface area contributed by atoms with Crippen LogP contribution >= 0.6 is 11.8 Å². The van der Waals surface area contributed by atoms with Crippen LogP contribution in [0.3, 0.4) is 0 Å². The highest BCUT2D eigenvalue weighted by molar-refractivity contribution is 7.98. The zero-order valence-corrected chi connectivity index (χ0v) is 16.4. The molecule has 0 N–H and O–H groups in total. The number of fused-ring (bicyclic) bond motifs is 1. The Morgan fingerprint density at radius 2 is 1.79 bits per heavy atom. The van der Waals surface area contributed by atoms with Crippen molar-refractivity contribution in [1.82, 2.24) is 15.0 Å². The monoisotopic (exact) mass is 384 g/mol. The Morgan fingerprint density at radius 3 is 2.68 bits per heavy atom. The van der Waals surface area contributed by atoms with E-state index in [0.29, 0.717) is 5.92 Å². The molecule has 4 aromatic rings. The van der Waals surface area contributed by atoms with E-state index < -0.39 is 0 Å². The van der Waals surface area contributed by atoms with Gasteiger partial charge in [-0.3, -0.25) is 15.0 Å². The number of para-hydroxylation sites is 1. The van der Waals surface area contributed by atoms with E-state index in [0.717, 1.165) is 35.6 Å². The lowest BCUT2D eigenvalue weighted by Gasteiger charge is -2.41. The zero-order valence-electron chi connectivity index (χ0n) is 15.6. The minimum atomic E-state index is 0.383. The summed E-state index contributed by atoms with van der Waals surface area (Å²) in [7, 11) is 0. The molecule has 0 saturated carbocycles. The predicted octanol–water partition coefficient (Wildman–Crippen LogP) is 5.02. The van der Waals surface area contributed by atoms with E-state index in [1.54, 1.807) is 24.2 Å². The molecule has 0 bridgehead atoms. The van der Waals surface area contributed by atoms with Crippen LogP contribution in [0.2, 0.25) is 0 Å². The lowest BCUT2D eigenvalue weighted by Crippen LogP contribution is -2.45. The van der Waals surface area contributed by atoms with Crippen molar-refractivity contribution >= 4 is 28.4 Å². The van der Waals surface area contributed by atoms with Crippen molar-refractivity contribution in [2.24, 2.45) is 0 Å². The fraction of sp³-hybridized carbons (Fsp3) is 0.174. The van der Waals surface area contributed by atoms with Gasteiger partial charge < -0.3 is 4.90 Å². The Labute approximate surface area is 168 Å². The van der Waals surface area contributed by atoms with E-state index in [9.17, 15) is 0 Å². The summed E-state index contributed by atoms with van der Waals surface area (Å²) in [4.78, 5) is 17.6. The molecule has 0 atom stereocenters. The lowest BCUT2D eigenvalue weighted by molar-refractivity contribution is 0.513. The molecule has 3 heterocycles. The molecule has 0 unspecified atom stereocenters. The Balaban J connectivity index is 1.40. The highest BCUT2D eigenvalue weighted by atomic mass is 32.2. The van der Waals surface area contributed by atoms with Crippen LogP contribution in [0.15, 0.2) is 78.1 Å². The number of aromatic nitrogens is 3. The fourth-order valence-electron chi connectivity index (χ4n) is 3.74. The summed E-state index contributed by atoms with van der Waals surface area (Å²) in [5.74, 6) is 0.383. The first kappa shape index (κ1) is 17.2. The predicted molar refractivity (Wildman–Crippen MR) is 116 cm³/mol. The van der Waals surface area contributed by atoms with Gasteiger partial charge >= 0.3 is 0 Å². The Hall–Kier alpha value is -2.92. The van der Waals surface area contributed by atoms with Crippen LogP contribution in [0.1, 0.15) is 11.6 Å². The molecule has 0 aliphatic carbocycles. The van der Waals surface area contributed by atoms with E-state index in [-0.39, 0.29) is 0 Å². The van der Waals surface area contributed by atoms with E-state index in [4.69, 9.17) is 4.98 Å². The van der Waals surface area contributed by atoms with Crippen LogP contribution in [0.25, 0.3) is 22.2 Å². The van der Waals surface area contributed by atoms with Crippen molar-refractivity contribution in [2.75, 3.05) is 24.2 Å². The van der Waals surface area contributed by atoms with Gasteiger partial charge in [0.1, 0.15) is 0 Å². The quantitative estimate of drug-likeness (QED) is 0.462. The molecular weight excluding hydrogens is 364 g/mol. The molecule has 2 aromatic carbocycles. The van der Waals surface area contributed by atoms with Gasteiger partial charge in [0.2, 0.25) is 0 Å². The van der Waals surface area contributed by atoms with Gasteiger partial charge in [0.15, 0.2) is 0 Å². The molecule has 2 aromatic heterocycles. The molecule has 0 spiro atoms. The highest BCUT2D eigenvalue weighted by Gasteiger charge is 2.32. The van der Waals surface area contributed by atoms with Crippen molar-refractivity contribution in [2.45, 2.75) is 10.8 Å². The summed E-state index contributed by atoms with van der Waals surface area (Å²) >= 11 is 1.75. The van der Waals surface area contributed by atoms with Gasteiger partial charge in [0.25, 0.3) is 0 Å². The number of benzene rings is 2. The highest BCUT2D eigenvalue weighted by Crippen LogP contribution is 2.35. The first-order valence-electron chi connectivity index (χ1n) is 9.37. The molecule has 1 saturated heterocycles. The molecule has 5 heteroatoms. The summed E-state index contributed by atoms with van der Waals surface area (Å²) in [5.41, 5.74) is 5.43. The number of rotatable bonds is 4. The molecule has 1 aliphatic rings. The van der Waals surface area contributed by atoms with Crippen molar-refractivity contribution < 1.29 is 0 Å². The molecule has 5 rings (SSSR count). The average Bonchev–Trinajstić information content (AvgIpc) is 2.73. The molecule has 1 aliphatic heterocycles. The second-order valence-corrected chi connectivity index (χ2v) is 7.89. The standard InChI is InChI=1S/C23H20N4S/c1-28-20-7-4-6-17(12-20)22-23(25-10-9-24-22)18-14-27(15-18)19-11-16-5-2-3-8-21(16)26-13-19/h2-13,18H,14-15H2,1H3. The number of hydrogen-bond acceptors (Lipinski definition) is 5. The maximum atomic E-state index is 4.70. The van der Waals surface area contributed by atoms with Gasteiger partial charge in [-0.1, -0.05) is 30.3 Å². The van der Waals surface area contributed by atoms with E-state index in [1.807, 2.05) is 18.3 Å². The average molecular weight is 385 g/mol. The third-order valence-electron chi connectivity index (χ3n) is 5.28. The Kier molecular flexibility index (Phi) is 4.45. The van der Waals surface area contributed by atoms with Crippen LogP contribution in [0.4, 0.5) is 5.69 Å². The molecule has 138 valence electrons. The van der Waals surface area contributed by atoms with Crippen LogP contribution in [0.5, 0.6) is 0 Å². The number of thioether (sulfide) groups is 1. The minimum absolute atomic E-state index is 0.383. The van der Waals surface area contributed by atoms with E-state index in [2.05, 4.69) is 63.6 Å². The van der Waals surface area contributed by atoms with Crippen LogP contribution in [0, 0.1) is 0 Å². The van der Waals surface area contributed by atoms with Gasteiger partial charge in [-0.2, -0.15) is 0 Å². The molecule has 4 nitrogen and oxygen atoms in total. The van der Waals surface area contributed by atoms with E-state index >= 15 is 0 Å². The lowest BCUT2D eigenvalue weighted by atomic mass is 9.92. The zero-order chi connectivity index (χ0) is 18.9. The van der Waals surface area contributed by atoms with Gasteiger partial charge in [-0.25, -0.2) is 0 Å². The van der Waals surface area contributed by atoms with Crippen molar-refractivity contribution in [1.29, 1.82) is 0 Å². The Bertz CT molecular complexity index is 1140. The smallest absolute Gasteiger partial charge is 0.0921 e. The SMILES string of the molecule is CSc1cccc(-c2nccnc2C2CN(c3cnc4ccccc4c3)C2)c1. The number of nitrogens with zero attached hydrogens (tertiary/aromatic N) is 4. The Morgan fingerprint density at radius 1 is 0.929 bits per heavy atom. The molecule has 1 fully saturated rings. The van der Waals surface area contributed by atoms with Gasteiger partial charge in [0, 0.05) is 47.2 Å². The van der Waals surface area contributed by atoms with Crippen molar-refractivity contribution in [3.63, 3.8) is 0 Å². The summed E-state index contributed by atoms with van der Waals surface area (Å²) in [6, 6.07) is 19.0. The third-order valence-corrected chi connectivity index (χ3v) is 6.00. The third kappa shape index (κ3) is 3.12. The molecule has 0 amide bonds.